The first kappa shape index (κ1) is 21.6. The molecule has 0 bridgehead atoms. The van der Waals surface area contributed by atoms with Crippen LogP contribution in [0.25, 0.3) is 10.2 Å². The van der Waals surface area contributed by atoms with Gasteiger partial charge in [0.2, 0.25) is 11.8 Å². The van der Waals surface area contributed by atoms with E-state index in [1.807, 2.05) is 13.8 Å². The van der Waals surface area contributed by atoms with Crippen molar-refractivity contribution >= 4 is 27.5 Å². The van der Waals surface area contributed by atoms with Gasteiger partial charge in [0, 0.05) is 36.5 Å². The van der Waals surface area contributed by atoms with Crippen LogP contribution in [0.1, 0.15) is 28.2 Å². The first-order chi connectivity index (χ1) is 15.4. The molecule has 0 saturated heterocycles. The molecule has 2 N–H and O–H groups in total. The van der Waals surface area contributed by atoms with Gasteiger partial charge in [0.05, 0.1) is 5.39 Å². The maximum absolute atomic E-state index is 13.0. The van der Waals surface area contributed by atoms with E-state index in [1.54, 1.807) is 18.3 Å². The van der Waals surface area contributed by atoms with E-state index in [4.69, 9.17) is 4.74 Å². The van der Waals surface area contributed by atoms with Gasteiger partial charge < -0.3 is 15.0 Å². The van der Waals surface area contributed by atoms with Gasteiger partial charge in [0.15, 0.2) is 0 Å². The summed E-state index contributed by atoms with van der Waals surface area (Å²) in [5.74, 6) is 0.804. The minimum absolute atomic E-state index is 0.163. The van der Waals surface area contributed by atoms with Crippen molar-refractivity contribution in [1.29, 1.82) is 0 Å². The molecule has 4 aromatic rings. The topological polar surface area (TPSA) is 97.0 Å². The number of ether oxygens (including phenoxy) is 1. The van der Waals surface area contributed by atoms with Crippen molar-refractivity contribution in [2.45, 2.75) is 33.2 Å². The number of pyridine rings is 1. The summed E-state index contributed by atoms with van der Waals surface area (Å²) in [6, 6.07) is 9.12. The van der Waals surface area contributed by atoms with Gasteiger partial charge in [0.1, 0.15) is 22.2 Å². The molecule has 0 unspecified atom stereocenters. The summed E-state index contributed by atoms with van der Waals surface area (Å²) in [5.41, 5.74) is 1.59. The van der Waals surface area contributed by atoms with Crippen molar-refractivity contribution in [1.82, 2.24) is 20.3 Å². The Hall–Kier alpha value is -3.59. The largest absolute Gasteiger partial charge is 0.439 e. The molecule has 0 aliphatic rings. The summed E-state index contributed by atoms with van der Waals surface area (Å²) in [6.45, 7) is 4.17. The number of H-pyrrole nitrogens is 1. The quantitative estimate of drug-likeness (QED) is 0.439. The zero-order valence-electron chi connectivity index (χ0n) is 17.6. The van der Waals surface area contributed by atoms with Crippen LogP contribution in [-0.2, 0) is 17.8 Å². The molecule has 0 aliphatic carbocycles. The van der Waals surface area contributed by atoms with Crippen LogP contribution in [0, 0.1) is 19.7 Å². The van der Waals surface area contributed by atoms with E-state index < -0.39 is 0 Å². The minimum Gasteiger partial charge on any atom is -0.439 e. The van der Waals surface area contributed by atoms with Crippen LogP contribution in [0.2, 0.25) is 0 Å². The number of aryl methyl sites for hydroxylation is 3. The van der Waals surface area contributed by atoms with Crippen molar-refractivity contribution in [3.63, 3.8) is 0 Å². The maximum atomic E-state index is 13.0. The average Bonchev–Trinajstić information content (AvgIpc) is 3.06. The number of rotatable bonds is 7. The summed E-state index contributed by atoms with van der Waals surface area (Å²) < 4.78 is 18.6. The zero-order valence-corrected chi connectivity index (χ0v) is 18.4. The van der Waals surface area contributed by atoms with Gasteiger partial charge in [0.25, 0.3) is 5.56 Å². The maximum Gasteiger partial charge on any atom is 0.259 e. The summed E-state index contributed by atoms with van der Waals surface area (Å²) in [5, 5.41) is 3.47. The van der Waals surface area contributed by atoms with E-state index in [1.165, 1.54) is 35.6 Å². The number of hydrogen-bond donors (Lipinski definition) is 2. The molecule has 0 aliphatic heterocycles. The van der Waals surface area contributed by atoms with Gasteiger partial charge in [-0.3, -0.25) is 9.59 Å². The van der Waals surface area contributed by atoms with Gasteiger partial charge in [-0.1, -0.05) is 0 Å². The fourth-order valence-corrected chi connectivity index (χ4v) is 4.23. The van der Waals surface area contributed by atoms with Gasteiger partial charge >= 0.3 is 0 Å². The molecule has 1 aromatic carbocycles. The minimum atomic E-state index is -0.346. The summed E-state index contributed by atoms with van der Waals surface area (Å²) in [7, 11) is 0. The molecule has 4 rings (SSSR count). The van der Waals surface area contributed by atoms with Gasteiger partial charge in [-0.05, 0) is 55.3 Å². The van der Waals surface area contributed by atoms with Gasteiger partial charge in [-0.25, -0.2) is 14.4 Å². The summed E-state index contributed by atoms with van der Waals surface area (Å²) in [6.07, 6.45) is 2.11. The number of nitrogens with one attached hydrogen (secondary N) is 2. The van der Waals surface area contributed by atoms with Gasteiger partial charge in [-0.2, -0.15) is 0 Å². The van der Waals surface area contributed by atoms with Crippen molar-refractivity contribution in [2.75, 3.05) is 0 Å². The molecule has 32 heavy (non-hydrogen) atoms. The summed E-state index contributed by atoms with van der Waals surface area (Å²) in [4.78, 5) is 37.8. The molecule has 9 heteroatoms. The lowest BCUT2D eigenvalue weighted by atomic mass is 10.2. The normalized spacial score (nSPS) is 11.0. The van der Waals surface area contributed by atoms with Crippen LogP contribution >= 0.6 is 11.3 Å². The Morgan fingerprint density at radius 1 is 1.22 bits per heavy atom. The number of aromatic nitrogens is 3. The van der Waals surface area contributed by atoms with E-state index in [0.29, 0.717) is 40.6 Å². The molecular weight excluding hydrogens is 431 g/mol. The number of benzene rings is 1. The predicted octanol–water partition coefficient (Wildman–Crippen LogP) is 4.18. The standard InChI is InChI=1S/C23H21FN4O3S/c1-13-14(2)32-23-21(13)22(30)27-18(28-23)7-8-19(29)26-12-15-9-10-25-20(11-15)31-17-5-3-16(24)4-6-17/h3-6,9-11H,7-8,12H2,1-2H3,(H,26,29)(H,27,28,30). The number of aromatic amines is 1. The number of carbonyl (C=O) groups excluding carboxylic acids is 1. The molecule has 3 heterocycles. The van der Waals surface area contributed by atoms with E-state index in [-0.39, 0.29) is 23.7 Å². The Kier molecular flexibility index (Phi) is 6.27. The number of nitrogens with zero attached hydrogens (tertiary/aromatic N) is 2. The van der Waals surface area contributed by atoms with Crippen molar-refractivity contribution in [2.24, 2.45) is 0 Å². The van der Waals surface area contributed by atoms with E-state index in [9.17, 15) is 14.0 Å². The van der Waals surface area contributed by atoms with Crippen LogP contribution < -0.4 is 15.6 Å². The summed E-state index contributed by atoms with van der Waals surface area (Å²) >= 11 is 1.48. The van der Waals surface area contributed by atoms with Crippen LogP contribution in [0.5, 0.6) is 11.6 Å². The molecule has 0 fully saturated rings. The van der Waals surface area contributed by atoms with Crippen LogP contribution in [-0.4, -0.2) is 20.9 Å². The Bertz CT molecular complexity index is 1330. The second-order valence-corrected chi connectivity index (χ2v) is 8.51. The first-order valence-corrected chi connectivity index (χ1v) is 10.8. The zero-order chi connectivity index (χ0) is 22.7. The smallest absolute Gasteiger partial charge is 0.259 e. The monoisotopic (exact) mass is 452 g/mol. The van der Waals surface area contributed by atoms with Crippen LogP contribution in [0.15, 0.2) is 47.4 Å². The Labute approximate surface area is 187 Å². The molecule has 0 saturated carbocycles. The van der Waals surface area contributed by atoms with Gasteiger partial charge in [-0.15, -0.1) is 11.3 Å². The van der Waals surface area contributed by atoms with E-state index >= 15 is 0 Å². The van der Waals surface area contributed by atoms with E-state index in [2.05, 4.69) is 20.3 Å². The fourth-order valence-electron chi connectivity index (χ4n) is 3.18. The van der Waals surface area contributed by atoms with Crippen molar-refractivity contribution < 1.29 is 13.9 Å². The number of halogens is 1. The SMILES string of the molecule is Cc1sc2nc(CCC(=O)NCc3ccnc(Oc4ccc(F)cc4)c3)[nH]c(=O)c2c1C. The first-order valence-electron chi connectivity index (χ1n) is 10.0. The Morgan fingerprint density at radius 3 is 2.78 bits per heavy atom. The lowest BCUT2D eigenvalue weighted by molar-refractivity contribution is -0.121. The molecular formula is C23H21FN4O3S. The number of thiophene rings is 1. The van der Waals surface area contributed by atoms with Crippen molar-refractivity contribution in [3.8, 4) is 11.6 Å². The van der Waals surface area contributed by atoms with Crippen LogP contribution in [0.4, 0.5) is 4.39 Å². The third-order valence-electron chi connectivity index (χ3n) is 5.00. The molecule has 7 nitrogen and oxygen atoms in total. The van der Waals surface area contributed by atoms with Crippen LogP contribution in [0.3, 0.4) is 0 Å². The molecule has 164 valence electrons. The second kappa shape index (κ2) is 9.27. The highest BCUT2D eigenvalue weighted by Crippen LogP contribution is 2.25. The third-order valence-corrected chi connectivity index (χ3v) is 6.10. The fraction of sp³-hybridized carbons (Fsp3) is 0.217. The highest BCUT2D eigenvalue weighted by Gasteiger charge is 2.12. The molecule has 0 spiro atoms. The number of carbonyl (C=O) groups is 1. The second-order valence-electron chi connectivity index (χ2n) is 7.31. The Morgan fingerprint density at radius 2 is 2.00 bits per heavy atom. The molecule has 1 amide bonds. The highest BCUT2D eigenvalue weighted by atomic mass is 32.1. The predicted molar refractivity (Wildman–Crippen MR) is 121 cm³/mol. The molecule has 3 aromatic heterocycles. The lowest BCUT2D eigenvalue weighted by Crippen LogP contribution is -2.23. The third kappa shape index (κ3) is 5.00. The number of fused-ring (bicyclic) bond motifs is 1. The number of amides is 1. The molecule has 0 radical (unpaired) electrons. The van der Waals surface area contributed by atoms with E-state index in [0.717, 1.165) is 16.0 Å². The average molecular weight is 453 g/mol. The molecule has 0 atom stereocenters. The van der Waals surface area contributed by atoms with Crippen molar-refractivity contribution in [3.05, 3.63) is 80.6 Å². The lowest BCUT2D eigenvalue weighted by Gasteiger charge is -2.08. The number of hydrogen-bond acceptors (Lipinski definition) is 6. The Balaban J connectivity index is 1.33. The highest BCUT2D eigenvalue weighted by molar-refractivity contribution is 7.18.